The van der Waals surface area contributed by atoms with Crippen molar-refractivity contribution >= 4 is 17.5 Å². The van der Waals surface area contributed by atoms with Gasteiger partial charge >= 0.3 is 0 Å². The van der Waals surface area contributed by atoms with Crippen LogP contribution >= 0.6 is 11.8 Å². The van der Waals surface area contributed by atoms with Gasteiger partial charge in [-0.15, -0.1) is 0 Å². The number of carbonyl (C=O) groups excluding carboxylic acids is 1. The van der Waals surface area contributed by atoms with Gasteiger partial charge in [-0.2, -0.15) is 0 Å². The normalized spacial score (nSPS) is 40.1. The molecule has 0 amide bonds. The molecule has 0 saturated heterocycles. The molecule has 0 N–H and O–H groups in total. The second-order valence-electron chi connectivity index (χ2n) is 8.43. The van der Waals surface area contributed by atoms with Crippen LogP contribution in [-0.4, -0.2) is 17.2 Å². The molecular formula is C20H29NOS. The minimum atomic E-state index is 0.00916. The van der Waals surface area contributed by atoms with E-state index in [2.05, 4.69) is 24.2 Å². The van der Waals surface area contributed by atoms with Crippen molar-refractivity contribution in [3.05, 3.63) is 22.2 Å². The van der Waals surface area contributed by atoms with Crippen LogP contribution in [0, 0.1) is 23.2 Å². The molecule has 0 aromatic heterocycles. The van der Waals surface area contributed by atoms with E-state index in [0.29, 0.717) is 5.78 Å². The van der Waals surface area contributed by atoms with E-state index in [1.807, 2.05) is 6.08 Å². The van der Waals surface area contributed by atoms with Crippen molar-refractivity contribution in [3.63, 3.8) is 0 Å². The van der Waals surface area contributed by atoms with Crippen molar-refractivity contribution in [2.75, 3.05) is 6.54 Å². The fraction of sp³-hybridized carbons (Fsp3) is 0.750. The molecule has 126 valence electrons. The van der Waals surface area contributed by atoms with Crippen LogP contribution in [0.2, 0.25) is 0 Å². The zero-order valence-corrected chi connectivity index (χ0v) is 15.3. The molecule has 0 unspecified atom stereocenters. The molecule has 4 saturated carbocycles. The maximum Gasteiger partial charge on any atom is 0.164 e. The number of carbonyl (C=O) groups is 1. The van der Waals surface area contributed by atoms with Crippen LogP contribution in [-0.2, 0) is 4.79 Å². The van der Waals surface area contributed by atoms with E-state index < -0.39 is 0 Å². The number of hydrogen-bond donors (Lipinski definition) is 0. The van der Waals surface area contributed by atoms with Crippen LogP contribution in [0.25, 0.3) is 0 Å². The van der Waals surface area contributed by atoms with Gasteiger partial charge in [0.2, 0.25) is 0 Å². The Labute approximate surface area is 144 Å². The Morgan fingerprint density at radius 2 is 1.87 bits per heavy atom. The smallest absolute Gasteiger partial charge is 0.164 e. The predicted octanol–water partition coefficient (Wildman–Crippen LogP) is 5.32. The third kappa shape index (κ3) is 2.79. The van der Waals surface area contributed by atoms with Crippen LogP contribution in [0.15, 0.2) is 22.2 Å². The Morgan fingerprint density at radius 1 is 1.26 bits per heavy atom. The van der Waals surface area contributed by atoms with Gasteiger partial charge in [0.05, 0.1) is 5.03 Å². The van der Waals surface area contributed by atoms with Crippen LogP contribution in [0.1, 0.15) is 65.2 Å². The van der Waals surface area contributed by atoms with Crippen molar-refractivity contribution in [2.24, 2.45) is 23.2 Å². The first kappa shape index (κ1) is 15.8. The van der Waals surface area contributed by atoms with E-state index in [0.717, 1.165) is 24.3 Å². The standard InChI is InChI=1S/C20H29NOS/c1-3-4-5-21-14(2)13-23-19(21)9-18(22)20-10-15-6-16(11-20)8-17(7-15)12-20/h9,13,15-17H,3-8,10-12H2,1-2H3. The second-order valence-corrected chi connectivity index (χ2v) is 9.32. The Hall–Kier alpha value is -0.700. The fourth-order valence-electron chi connectivity index (χ4n) is 5.84. The average molecular weight is 332 g/mol. The molecule has 0 atom stereocenters. The maximum absolute atomic E-state index is 13.2. The van der Waals surface area contributed by atoms with Crippen molar-refractivity contribution in [1.29, 1.82) is 0 Å². The van der Waals surface area contributed by atoms with Crippen molar-refractivity contribution in [3.8, 4) is 0 Å². The van der Waals surface area contributed by atoms with Gasteiger partial charge in [-0.1, -0.05) is 25.1 Å². The van der Waals surface area contributed by atoms with Gasteiger partial charge in [0.25, 0.3) is 0 Å². The lowest BCUT2D eigenvalue weighted by Gasteiger charge is -2.55. The first-order valence-corrected chi connectivity index (χ1v) is 10.3. The largest absolute Gasteiger partial charge is 0.339 e. The zero-order chi connectivity index (χ0) is 16.0. The lowest BCUT2D eigenvalue weighted by atomic mass is 9.48. The Bertz CT molecular complexity index is 527. The van der Waals surface area contributed by atoms with Gasteiger partial charge in [0.1, 0.15) is 0 Å². The number of unbranched alkanes of at least 4 members (excludes halogenated alkanes) is 1. The van der Waals surface area contributed by atoms with Gasteiger partial charge < -0.3 is 4.90 Å². The quantitative estimate of drug-likeness (QED) is 0.636. The number of hydrogen-bond acceptors (Lipinski definition) is 3. The number of ketones is 1. The molecular weight excluding hydrogens is 302 g/mol. The molecule has 1 aliphatic heterocycles. The number of allylic oxidation sites excluding steroid dienone is 2. The molecule has 2 nitrogen and oxygen atoms in total. The summed E-state index contributed by atoms with van der Waals surface area (Å²) < 4.78 is 0. The van der Waals surface area contributed by atoms with Gasteiger partial charge in [0.15, 0.2) is 5.78 Å². The van der Waals surface area contributed by atoms with Crippen LogP contribution in [0.3, 0.4) is 0 Å². The third-order valence-electron chi connectivity index (χ3n) is 6.59. The van der Waals surface area contributed by atoms with Crippen molar-refractivity contribution < 1.29 is 4.79 Å². The molecule has 23 heavy (non-hydrogen) atoms. The highest BCUT2D eigenvalue weighted by Gasteiger charge is 2.53. The predicted molar refractivity (Wildman–Crippen MR) is 96.7 cm³/mol. The van der Waals surface area contributed by atoms with E-state index in [4.69, 9.17) is 0 Å². The number of rotatable bonds is 5. The molecule has 5 aliphatic rings. The summed E-state index contributed by atoms with van der Waals surface area (Å²) in [5, 5.41) is 3.38. The highest BCUT2D eigenvalue weighted by Crippen LogP contribution is 2.60. The molecule has 5 rings (SSSR count). The number of nitrogens with zero attached hydrogens (tertiary/aromatic N) is 1. The van der Waals surface area contributed by atoms with Crippen LogP contribution in [0.4, 0.5) is 0 Å². The van der Waals surface area contributed by atoms with E-state index in [1.165, 1.54) is 62.1 Å². The Morgan fingerprint density at radius 3 is 2.43 bits per heavy atom. The van der Waals surface area contributed by atoms with Gasteiger partial charge in [0, 0.05) is 23.7 Å². The minimum Gasteiger partial charge on any atom is -0.339 e. The summed E-state index contributed by atoms with van der Waals surface area (Å²) in [6.45, 7) is 5.44. The molecule has 1 heterocycles. The minimum absolute atomic E-state index is 0.00916. The van der Waals surface area contributed by atoms with Crippen LogP contribution in [0.5, 0.6) is 0 Å². The van der Waals surface area contributed by atoms with Gasteiger partial charge in [-0.05, 0) is 75.0 Å². The van der Waals surface area contributed by atoms with E-state index in [1.54, 1.807) is 11.8 Å². The summed E-state index contributed by atoms with van der Waals surface area (Å²) in [5.41, 5.74) is 1.31. The highest BCUT2D eigenvalue weighted by atomic mass is 32.2. The Kier molecular flexibility index (Phi) is 4.11. The zero-order valence-electron chi connectivity index (χ0n) is 14.5. The first-order valence-electron chi connectivity index (χ1n) is 9.47. The third-order valence-corrected chi connectivity index (χ3v) is 7.63. The molecule has 0 aromatic rings. The SMILES string of the molecule is CCCCN1C(C)=CSC1=CC(=O)C12CC3CC(CC(C3)C1)C2. The summed E-state index contributed by atoms with van der Waals surface area (Å²) in [4.78, 5) is 15.6. The van der Waals surface area contributed by atoms with Crippen molar-refractivity contribution in [1.82, 2.24) is 4.90 Å². The molecule has 0 radical (unpaired) electrons. The Balaban J connectivity index is 1.53. The molecule has 4 bridgehead atoms. The highest BCUT2D eigenvalue weighted by molar-refractivity contribution is 8.06. The number of thioether (sulfide) groups is 1. The van der Waals surface area contributed by atoms with E-state index >= 15 is 0 Å². The summed E-state index contributed by atoms with van der Waals surface area (Å²) in [6.07, 6.45) is 12.1. The van der Waals surface area contributed by atoms with Crippen molar-refractivity contribution in [2.45, 2.75) is 65.2 Å². The van der Waals surface area contributed by atoms with Crippen LogP contribution < -0.4 is 0 Å². The monoisotopic (exact) mass is 331 g/mol. The molecule has 0 spiro atoms. The molecule has 4 fully saturated rings. The first-order chi connectivity index (χ1) is 11.1. The second kappa shape index (κ2) is 5.98. The summed E-state index contributed by atoms with van der Waals surface area (Å²) in [6, 6.07) is 0. The molecule has 4 aliphatic carbocycles. The van der Waals surface area contributed by atoms with E-state index in [9.17, 15) is 4.79 Å². The lowest BCUT2D eigenvalue weighted by Crippen LogP contribution is -2.49. The summed E-state index contributed by atoms with van der Waals surface area (Å²) >= 11 is 1.75. The molecule has 3 heteroatoms. The lowest BCUT2D eigenvalue weighted by molar-refractivity contribution is -0.138. The average Bonchev–Trinajstić information content (AvgIpc) is 2.84. The summed E-state index contributed by atoms with van der Waals surface area (Å²) in [5.74, 6) is 2.98. The maximum atomic E-state index is 13.2. The van der Waals surface area contributed by atoms with Gasteiger partial charge in [-0.3, -0.25) is 4.79 Å². The van der Waals surface area contributed by atoms with E-state index in [-0.39, 0.29) is 5.41 Å². The summed E-state index contributed by atoms with van der Waals surface area (Å²) in [7, 11) is 0. The fourth-order valence-corrected chi connectivity index (χ4v) is 6.80. The molecule has 0 aromatic carbocycles. The van der Waals surface area contributed by atoms with Gasteiger partial charge in [-0.25, -0.2) is 0 Å². The topological polar surface area (TPSA) is 20.3 Å².